The van der Waals surface area contributed by atoms with E-state index in [2.05, 4.69) is 51.9 Å². The number of hydrogen-bond donors (Lipinski definition) is 1. The Morgan fingerprint density at radius 2 is 1.74 bits per heavy atom. The molecule has 2 nitrogen and oxygen atoms in total. The third-order valence-electron chi connectivity index (χ3n) is 4.88. The molecule has 1 N–H and O–H groups in total. The van der Waals surface area contributed by atoms with Gasteiger partial charge in [0.2, 0.25) is 0 Å². The van der Waals surface area contributed by atoms with Crippen LogP contribution in [-0.2, 0) is 0 Å². The summed E-state index contributed by atoms with van der Waals surface area (Å²) in [5, 5.41) is 3.66. The maximum absolute atomic E-state index is 3.66. The molecule has 0 bridgehead atoms. The molecule has 0 amide bonds. The molecule has 19 heavy (non-hydrogen) atoms. The van der Waals surface area contributed by atoms with Crippen molar-refractivity contribution in [3.8, 4) is 0 Å². The van der Waals surface area contributed by atoms with Crippen molar-refractivity contribution in [1.82, 2.24) is 10.2 Å². The quantitative estimate of drug-likeness (QED) is 0.785. The largest absolute Gasteiger partial charge is 0.314 e. The fourth-order valence-corrected chi connectivity index (χ4v) is 3.29. The summed E-state index contributed by atoms with van der Waals surface area (Å²) in [6, 6.07) is 1.46. The third kappa shape index (κ3) is 5.83. The van der Waals surface area contributed by atoms with Crippen LogP contribution in [0.3, 0.4) is 0 Å². The molecule has 0 heterocycles. The lowest BCUT2D eigenvalue weighted by atomic mass is 9.84. The Labute approximate surface area is 121 Å². The highest BCUT2D eigenvalue weighted by Gasteiger charge is 2.26. The molecular formula is C17H36N2. The van der Waals surface area contributed by atoms with Gasteiger partial charge < -0.3 is 10.2 Å². The van der Waals surface area contributed by atoms with Crippen molar-refractivity contribution in [2.45, 2.75) is 78.8 Å². The van der Waals surface area contributed by atoms with Crippen LogP contribution in [0, 0.1) is 11.3 Å². The first-order valence-electron chi connectivity index (χ1n) is 8.28. The van der Waals surface area contributed by atoms with Crippen LogP contribution in [0.25, 0.3) is 0 Å². The first-order chi connectivity index (χ1) is 8.84. The van der Waals surface area contributed by atoms with E-state index in [-0.39, 0.29) is 0 Å². The van der Waals surface area contributed by atoms with Gasteiger partial charge in [0.25, 0.3) is 0 Å². The van der Waals surface area contributed by atoms with E-state index in [9.17, 15) is 0 Å². The van der Waals surface area contributed by atoms with Gasteiger partial charge in [-0.15, -0.1) is 0 Å². The molecule has 0 saturated heterocycles. The molecular weight excluding hydrogens is 232 g/mol. The van der Waals surface area contributed by atoms with Crippen LogP contribution in [0.1, 0.15) is 66.7 Å². The summed E-state index contributed by atoms with van der Waals surface area (Å²) >= 11 is 0. The lowest BCUT2D eigenvalue weighted by molar-refractivity contribution is 0.150. The van der Waals surface area contributed by atoms with Gasteiger partial charge in [-0.3, -0.25) is 0 Å². The second-order valence-electron chi connectivity index (χ2n) is 7.66. The van der Waals surface area contributed by atoms with Gasteiger partial charge in [-0.05, 0) is 63.6 Å². The van der Waals surface area contributed by atoms with Gasteiger partial charge in [0.05, 0.1) is 0 Å². The summed E-state index contributed by atoms with van der Waals surface area (Å²) in [6.45, 7) is 14.0. The van der Waals surface area contributed by atoms with Crippen LogP contribution in [0.15, 0.2) is 0 Å². The molecule has 0 spiro atoms. The first kappa shape index (κ1) is 17.0. The molecule has 1 atom stereocenters. The van der Waals surface area contributed by atoms with Gasteiger partial charge in [-0.25, -0.2) is 0 Å². The number of rotatable bonds is 6. The average Bonchev–Trinajstić information content (AvgIpc) is 2.33. The van der Waals surface area contributed by atoms with Crippen LogP contribution in [0.2, 0.25) is 0 Å². The second-order valence-corrected chi connectivity index (χ2v) is 7.66. The summed E-state index contributed by atoms with van der Waals surface area (Å²) < 4.78 is 0. The number of nitrogens with one attached hydrogen (secondary N) is 1. The van der Waals surface area contributed by atoms with Gasteiger partial charge in [0, 0.05) is 12.1 Å². The predicted molar refractivity (Wildman–Crippen MR) is 85.6 cm³/mol. The van der Waals surface area contributed by atoms with Gasteiger partial charge in [0.1, 0.15) is 0 Å². The molecule has 1 aliphatic carbocycles. The first-order valence-corrected chi connectivity index (χ1v) is 8.28. The van der Waals surface area contributed by atoms with Crippen molar-refractivity contribution < 1.29 is 0 Å². The smallest absolute Gasteiger partial charge is 0.0128 e. The Hall–Kier alpha value is -0.0800. The van der Waals surface area contributed by atoms with E-state index in [1.807, 2.05) is 0 Å². The second kappa shape index (κ2) is 7.64. The van der Waals surface area contributed by atoms with E-state index >= 15 is 0 Å². The molecule has 0 radical (unpaired) electrons. The summed E-state index contributed by atoms with van der Waals surface area (Å²) in [5.41, 5.74) is 0.359. The fourth-order valence-electron chi connectivity index (χ4n) is 3.29. The Morgan fingerprint density at radius 3 is 2.21 bits per heavy atom. The maximum Gasteiger partial charge on any atom is 0.0128 e. The van der Waals surface area contributed by atoms with Crippen LogP contribution < -0.4 is 5.32 Å². The van der Waals surface area contributed by atoms with E-state index in [4.69, 9.17) is 0 Å². The lowest BCUT2D eigenvalue weighted by Crippen LogP contribution is -2.44. The van der Waals surface area contributed by atoms with Gasteiger partial charge in [-0.1, -0.05) is 34.6 Å². The molecule has 1 rings (SSSR count). The van der Waals surface area contributed by atoms with Crippen molar-refractivity contribution >= 4 is 0 Å². The van der Waals surface area contributed by atoms with Crippen molar-refractivity contribution in [3.63, 3.8) is 0 Å². The zero-order chi connectivity index (χ0) is 14.5. The Kier molecular flexibility index (Phi) is 6.82. The zero-order valence-corrected chi connectivity index (χ0v) is 14.1. The highest BCUT2D eigenvalue weighted by molar-refractivity contribution is 4.83. The van der Waals surface area contributed by atoms with Crippen molar-refractivity contribution in [2.24, 2.45) is 11.3 Å². The molecule has 1 saturated carbocycles. The molecule has 2 heteroatoms. The topological polar surface area (TPSA) is 15.3 Å². The van der Waals surface area contributed by atoms with Gasteiger partial charge in [0.15, 0.2) is 0 Å². The Balaban J connectivity index is 2.37. The zero-order valence-electron chi connectivity index (χ0n) is 14.1. The summed E-state index contributed by atoms with van der Waals surface area (Å²) in [6.07, 6.45) is 6.91. The molecule has 114 valence electrons. The van der Waals surface area contributed by atoms with E-state index in [1.165, 1.54) is 38.6 Å². The van der Waals surface area contributed by atoms with Crippen LogP contribution >= 0.6 is 0 Å². The molecule has 0 aromatic carbocycles. The van der Waals surface area contributed by atoms with E-state index in [1.54, 1.807) is 0 Å². The maximum atomic E-state index is 3.66. The van der Waals surface area contributed by atoms with Crippen LogP contribution in [0.5, 0.6) is 0 Å². The molecule has 1 fully saturated rings. The monoisotopic (exact) mass is 268 g/mol. The fraction of sp³-hybridized carbons (Fsp3) is 1.00. The summed E-state index contributed by atoms with van der Waals surface area (Å²) in [5.74, 6) is 0.953. The van der Waals surface area contributed by atoms with Crippen LogP contribution in [0.4, 0.5) is 0 Å². The minimum Gasteiger partial charge on any atom is -0.314 e. The molecule has 0 aromatic rings. The summed E-state index contributed by atoms with van der Waals surface area (Å²) in [4.78, 5) is 2.61. The third-order valence-corrected chi connectivity index (χ3v) is 4.88. The number of nitrogens with zero attached hydrogens (tertiary/aromatic N) is 1. The van der Waals surface area contributed by atoms with Crippen molar-refractivity contribution in [3.05, 3.63) is 0 Å². The Bertz CT molecular complexity index is 236. The summed E-state index contributed by atoms with van der Waals surface area (Å²) in [7, 11) is 2.33. The minimum absolute atomic E-state index is 0.359. The molecule has 0 aromatic heterocycles. The SMILES string of the molecule is CCNC(CCN(C)C1CCC(C)CC1)C(C)(C)C. The van der Waals surface area contributed by atoms with Crippen molar-refractivity contribution in [2.75, 3.05) is 20.1 Å². The van der Waals surface area contributed by atoms with E-state index < -0.39 is 0 Å². The van der Waals surface area contributed by atoms with E-state index in [0.29, 0.717) is 11.5 Å². The van der Waals surface area contributed by atoms with Gasteiger partial charge in [-0.2, -0.15) is 0 Å². The van der Waals surface area contributed by atoms with Crippen LogP contribution in [-0.4, -0.2) is 37.1 Å². The van der Waals surface area contributed by atoms with Gasteiger partial charge >= 0.3 is 0 Å². The highest BCUT2D eigenvalue weighted by Crippen LogP contribution is 2.27. The number of hydrogen-bond acceptors (Lipinski definition) is 2. The Morgan fingerprint density at radius 1 is 1.16 bits per heavy atom. The normalized spacial score (nSPS) is 26.7. The highest BCUT2D eigenvalue weighted by atomic mass is 15.1. The molecule has 0 aliphatic heterocycles. The molecule has 1 aliphatic rings. The molecule has 1 unspecified atom stereocenters. The average molecular weight is 268 g/mol. The predicted octanol–water partition coefficient (Wildman–Crippen LogP) is 3.91. The lowest BCUT2D eigenvalue weighted by Gasteiger charge is -2.37. The van der Waals surface area contributed by atoms with E-state index in [0.717, 1.165) is 18.5 Å². The van der Waals surface area contributed by atoms with Crippen molar-refractivity contribution in [1.29, 1.82) is 0 Å². The standard InChI is InChI=1S/C17H36N2/c1-7-18-16(17(3,4)5)12-13-19(6)15-10-8-14(2)9-11-15/h14-16,18H,7-13H2,1-6H3. The minimum atomic E-state index is 0.359.